The molecule has 3 heterocycles. The number of hydrogen-bond acceptors (Lipinski definition) is 4. The zero-order valence-electron chi connectivity index (χ0n) is 15.0. The number of rotatable bonds is 4. The van der Waals surface area contributed by atoms with Crippen molar-refractivity contribution in [2.45, 2.75) is 44.7 Å². The third kappa shape index (κ3) is 3.71. The van der Waals surface area contributed by atoms with Crippen molar-refractivity contribution in [3.8, 4) is 0 Å². The SMILES string of the molecule is Cc1ccc2nc(CO[C@H]3CN(C4CCN(C)CC4)C[C@H]3F)[nH]c2c1. The molecule has 0 spiro atoms. The van der Waals surface area contributed by atoms with Crippen LogP contribution in [0.3, 0.4) is 0 Å². The average molecular weight is 346 g/mol. The first-order valence-electron chi connectivity index (χ1n) is 9.22. The molecule has 1 aromatic carbocycles. The molecule has 2 fully saturated rings. The second-order valence-corrected chi connectivity index (χ2v) is 7.56. The number of hydrogen-bond donors (Lipinski definition) is 1. The first kappa shape index (κ1) is 16.9. The standard InChI is InChI=1S/C19H27FN4O/c1-13-3-4-16-17(9-13)22-19(21-16)12-25-18-11-24(10-15(18)20)14-5-7-23(2)8-6-14/h3-4,9,14-15,18H,5-8,10-12H2,1-2H3,(H,21,22)/t15-,18+/m1/s1. The van der Waals surface area contributed by atoms with Crippen LogP contribution in [0.15, 0.2) is 18.2 Å². The molecule has 4 rings (SSSR count). The van der Waals surface area contributed by atoms with E-state index < -0.39 is 6.17 Å². The Bertz CT molecular complexity index is 725. The van der Waals surface area contributed by atoms with Crippen LogP contribution in [0.4, 0.5) is 4.39 Å². The molecule has 5 nitrogen and oxygen atoms in total. The van der Waals surface area contributed by atoms with E-state index in [2.05, 4.69) is 39.8 Å². The van der Waals surface area contributed by atoms with E-state index in [4.69, 9.17) is 4.74 Å². The van der Waals surface area contributed by atoms with Crippen LogP contribution in [0.2, 0.25) is 0 Å². The molecule has 2 aliphatic rings. The van der Waals surface area contributed by atoms with Crippen molar-refractivity contribution in [1.82, 2.24) is 19.8 Å². The van der Waals surface area contributed by atoms with Crippen molar-refractivity contribution in [3.05, 3.63) is 29.6 Å². The number of benzene rings is 1. The molecular formula is C19H27FN4O. The number of nitrogens with one attached hydrogen (secondary N) is 1. The molecule has 2 aromatic rings. The lowest BCUT2D eigenvalue weighted by molar-refractivity contribution is 0.00683. The highest BCUT2D eigenvalue weighted by molar-refractivity contribution is 5.75. The van der Waals surface area contributed by atoms with Crippen LogP contribution in [0.25, 0.3) is 11.0 Å². The summed E-state index contributed by atoms with van der Waals surface area (Å²) in [6.45, 7) is 5.78. The number of aromatic amines is 1. The van der Waals surface area contributed by atoms with E-state index in [0.29, 0.717) is 25.7 Å². The number of aryl methyl sites for hydroxylation is 1. The van der Waals surface area contributed by atoms with Crippen molar-refractivity contribution in [1.29, 1.82) is 0 Å². The van der Waals surface area contributed by atoms with Gasteiger partial charge >= 0.3 is 0 Å². The highest BCUT2D eigenvalue weighted by Crippen LogP contribution is 2.25. The maximum atomic E-state index is 14.4. The minimum Gasteiger partial charge on any atom is -0.366 e. The molecular weight excluding hydrogens is 319 g/mol. The largest absolute Gasteiger partial charge is 0.366 e. The van der Waals surface area contributed by atoms with Crippen molar-refractivity contribution in [3.63, 3.8) is 0 Å². The van der Waals surface area contributed by atoms with Crippen molar-refractivity contribution in [2.24, 2.45) is 0 Å². The summed E-state index contributed by atoms with van der Waals surface area (Å²) in [4.78, 5) is 12.4. The number of imidazole rings is 1. The van der Waals surface area contributed by atoms with Crippen LogP contribution in [-0.2, 0) is 11.3 Å². The van der Waals surface area contributed by atoms with E-state index in [0.717, 1.165) is 42.8 Å². The molecule has 0 saturated carbocycles. The maximum absolute atomic E-state index is 14.4. The molecule has 2 saturated heterocycles. The van der Waals surface area contributed by atoms with Gasteiger partial charge in [-0.05, 0) is 57.6 Å². The number of fused-ring (bicyclic) bond motifs is 1. The van der Waals surface area contributed by atoms with Crippen molar-refractivity contribution >= 4 is 11.0 Å². The van der Waals surface area contributed by atoms with Gasteiger partial charge in [0, 0.05) is 19.1 Å². The first-order chi connectivity index (χ1) is 12.1. The van der Waals surface area contributed by atoms with E-state index in [1.165, 1.54) is 5.56 Å². The maximum Gasteiger partial charge on any atom is 0.140 e. The van der Waals surface area contributed by atoms with Crippen LogP contribution in [0.5, 0.6) is 0 Å². The van der Waals surface area contributed by atoms with E-state index in [1.54, 1.807) is 0 Å². The second-order valence-electron chi connectivity index (χ2n) is 7.56. The van der Waals surface area contributed by atoms with Crippen molar-refractivity contribution < 1.29 is 9.13 Å². The zero-order valence-corrected chi connectivity index (χ0v) is 15.0. The fraction of sp³-hybridized carbons (Fsp3) is 0.632. The molecule has 6 heteroatoms. The number of nitrogens with zero attached hydrogens (tertiary/aromatic N) is 3. The Kier molecular flexibility index (Phi) is 4.75. The molecule has 1 N–H and O–H groups in total. The number of H-pyrrole nitrogens is 1. The summed E-state index contributed by atoms with van der Waals surface area (Å²) in [6, 6.07) is 6.61. The van der Waals surface area contributed by atoms with Crippen LogP contribution in [-0.4, -0.2) is 71.3 Å². The second kappa shape index (κ2) is 7.02. The third-order valence-corrected chi connectivity index (χ3v) is 5.55. The molecule has 0 radical (unpaired) electrons. The van der Waals surface area contributed by atoms with E-state index in [-0.39, 0.29) is 6.10 Å². The predicted octanol–water partition coefficient (Wildman–Crippen LogP) is 2.50. The number of aromatic nitrogens is 2. The average Bonchev–Trinajstić information content (AvgIpc) is 3.16. The summed E-state index contributed by atoms with van der Waals surface area (Å²) in [5.41, 5.74) is 3.13. The molecule has 2 aliphatic heterocycles. The van der Waals surface area contributed by atoms with Crippen LogP contribution < -0.4 is 0 Å². The molecule has 136 valence electrons. The molecule has 0 unspecified atom stereocenters. The number of alkyl halides is 1. The molecule has 0 aliphatic carbocycles. The Morgan fingerprint density at radius 3 is 2.88 bits per heavy atom. The number of ether oxygens (including phenoxy) is 1. The summed E-state index contributed by atoms with van der Waals surface area (Å²) in [5.74, 6) is 0.769. The Hall–Kier alpha value is -1.50. The minimum absolute atomic E-state index is 0.333. The lowest BCUT2D eigenvalue weighted by atomic mass is 10.0. The van der Waals surface area contributed by atoms with Gasteiger partial charge in [0.25, 0.3) is 0 Å². The Morgan fingerprint density at radius 1 is 1.28 bits per heavy atom. The monoisotopic (exact) mass is 346 g/mol. The molecule has 25 heavy (non-hydrogen) atoms. The van der Waals surface area contributed by atoms with Gasteiger partial charge < -0.3 is 14.6 Å². The lowest BCUT2D eigenvalue weighted by Gasteiger charge is -2.34. The number of likely N-dealkylation sites (tertiary alicyclic amines) is 2. The van der Waals surface area contributed by atoms with Crippen LogP contribution >= 0.6 is 0 Å². The topological polar surface area (TPSA) is 44.4 Å². The third-order valence-electron chi connectivity index (χ3n) is 5.55. The van der Waals surface area contributed by atoms with Gasteiger partial charge in [0.05, 0.1) is 11.0 Å². The highest BCUT2D eigenvalue weighted by atomic mass is 19.1. The van der Waals surface area contributed by atoms with Gasteiger partial charge in [-0.15, -0.1) is 0 Å². The van der Waals surface area contributed by atoms with Gasteiger partial charge in [-0.2, -0.15) is 0 Å². The van der Waals surface area contributed by atoms with E-state index in [9.17, 15) is 4.39 Å². The van der Waals surface area contributed by atoms with Gasteiger partial charge in [-0.3, -0.25) is 4.90 Å². The fourth-order valence-corrected chi connectivity index (χ4v) is 4.01. The molecule has 0 amide bonds. The fourth-order valence-electron chi connectivity index (χ4n) is 4.01. The summed E-state index contributed by atoms with van der Waals surface area (Å²) in [7, 11) is 2.15. The molecule has 2 atom stereocenters. The van der Waals surface area contributed by atoms with Gasteiger partial charge in [-0.1, -0.05) is 6.07 Å². The minimum atomic E-state index is -0.911. The zero-order chi connectivity index (χ0) is 17.4. The Morgan fingerprint density at radius 2 is 2.08 bits per heavy atom. The van der Waals surface area contributed by atoms with Crippen LogP contribution in [0, 0.1) is 6.92 Å². The Labute approximate surface area is 148 Å². The summed E-state index contributed by atoms with van der Waals surface area (Å²) in [5, 5.41) is 0. The van der Waals surface area contributed by atoms with Crippen LogP contribution in [0.1, 0.15) is 24.2 Å². The number of halogens is 1. The Balaban J connectivity index is 1.34. The quantitative estimate of drug-likeness (QED) is 0.924. The molecule has 0 bridgehead atoms. The van der Waals surface area contributed by atoms with Gasteiger partial charge in [0.2, 0.25) is 0 Å². The van der Waals surface area contributed by atoms with Gasteiger partial charge in [-0.25, -0.2) is 9.37 Å². The molecule has 1 aromatic heterocycles. The summed E-state index contributed by atoms with van der Waals surface area (Å²) in [6.07, 6.45) is 0.985. The van der Waals surface area contributed by atoms with Gasteiger partial charge in [0.1, 0.15) is 24.7 Å². The lowest BCUT2D eigenvalue weighted by Crippen LogP contribution is -2.43. The first-order valence-corrected chi connectivity index (χ1v) is 9.22. The predicted molar refractivity (Wildman–Crippen MR) is 96.4 cm³/mol. The normalized spacial score (nSPS) is 26.7. The highest BCUT2D eigenvalue weighted by Gasteiger charge is 2.37. The van der Waals surface area contributed by atoms with E-state index in [1.807, 2.05) is 12.1 Å². The smallest absolute Gasteiger partial charge is 0.140 e. The van der Waals surface area contributed by atoms with E-state index >= 15 is 0 Å². The van der Waals surface area contributed by atoms with Gasteiger partial charge in [0.15, 0.2) is 0 Å². The van der Waals surface area contributed by atoms with Crippen molar-refractivity contribution in [2.75, 3.05) is 33.2 Å². The summed E-state index contributed by atoms with van der Waals surface area (Å²) >= 11 is 0. The summed E-state index contributed by atoms with van der Waals surface area (Å²) < 4.78 is 20.3. The number of piperidine rings is 1.